The number of hydrogen-bond acceptors (Lipinski definition) is 5. The molecule has 0 saturated carbocycles. The summed E-state index contributed by atoms with van der Waals surface area (Å²) < 4.78 is 3.40. The van der Waals surface area contributed by atoms with E-state index in [1.54, 1.807) is 10.6 Å². The van der Waals surface area contributed by atoms with Crippen molar-refractivity contribution in [2.75, 3.05) is 11.1 Å². The maximum absolute atomic E-state index is 13.4. The lowest BCUT2D eigenvalue weighted by Crippen LogP contribution is -2.22. The van der Waals surface area contributed by atoms with E-state index in [0.29, 0.717) is 33.4 Å². The zero-order chi connectivity index (χ0) is 24.5. The standard InChI is InChI=1S/C27H25N5O2S/c1-17(2)19-10-12-20(13-11-19)28-24(33)16-35-27-30-29-26-31(21-14-8-18(3)9-15-21)25(34)22-6-4-5-7-23(22)32(26)27/h4-15,17H,16H2,1-3H3,(H,28,33). The van der Waals surface area contributed by atoms with Crippen LogP contribution in [0.4, 0.5) is 5.69 Å². The normalized spacial score (nSPS) is 11.4. The predicted molar refractivity (Wildman–Crippen MR) is 141 cm³/mol. The van der Waals surface area contributed by atoms with Crippen LogP contribution in [0.3, 0.4) is 0 Å². The first-order valence-corrected chi connectivity index (χ1v) is 12.4. The van der Waals surface area contributed by atoms with Crippen LogP contribution in [0.15, 0.2) is 82.7 Å². The highest BCUT2D eigenvalue weighted by Gasteiger charge is 2.18. The van der Waals surface area contributed by atoms with E-state index in [1.165, 1.54) is 17.3 Å². The molecule has 5 aromatic rings. The average molecular weight is 484 g/mol. The van der Waals surface area contributed by atoms with E-state index in [-0.39, 0.29) is 17.2 Å². The Hall–Kier alpha value is -3.91. The summed E-state index contributed by atoms with van der Waals surface area (Å²) in [4.78, 5) is 26.0. The van der Waals surface area contributed by atoms with E-state index in [4.69, 9.17) is 0 Å². The molecule has 176 valence electrons. The van der Waals surface area contributed by atoms with Crippen molar-refractivity contribution in [2.45, 2.75) is 31.8 Å². The quantitative estimate of drug-likeness (QED) is 0.336. The number of carbonyl (C=O) groups is 1. The molecule has 0 saturated heterocycles. The average Bonchev–Trinajstić information content (AvgIpc) is 3.28. The van der Waals surface area contributed by atoms with Crippen LogP contribution < -0.4 is 10.9 Å². The summed E-state index contributed by atoms with van der Waals surface area (Å²) in [6.07, 6.45) is 0. The SMILES string of the molecule is Cc1ccc(-n2c(=O)c3ccccc3n3c(SCC(=O)Nc4ccc(C(C)C)cc4)nnc23)cc1. The van der Waals surface area contributed by atoms with E-state index in [1.807, 2.05) is 78.1 Å². The molecule has 5 rings (SSSR count). The molecule has 2 heterocycles. The van der Waals surface area contributed by atoms with Crippen molar-refractivity contribution < 1.29 is 4.79 Å². The summed E-state index contributed by atoms with van der Waals surface area (Å²) in [5, 5.41) is 12.7. The molecule has 0 radical (unpaired) electrons. The number of rotatable bonds is 6. The summed E-state index contributed by atoms with van der Waals surface area (Å²) in [5.74, 6) is 0.860. The fraction of sp³-hybridized carbons (Fsp3) is 0.185. The zero-order valence-electron chi connectivity index (χ0n) is 19.7. The number of fused-ring (bicyclic) bond motifs is 3. The van der Waals surface area contributed by atoms with Gasteiger partial charge in [0.25, 0.3) is 5.56 Å². The van der Waals surface area contributed by atoms with Gasteiger partial charge >= 0.3 is 0 Å². The Bertz CT molecular complexity index is 1590. The minimum atomic E-state index is -0.163. The monoisotopic (exact) mass is 483 g/mol. The number of thioether (sulfide) groups is 1. The molecule has 2 aromatic heterocycles. The number of benzene rings is 3. The van der Waals surface area contributed by atoms with Crippen LogP contribution in [0.1, 0.15) is 30.9 Å². The van der Waals surface area contributed by atoms with Crippen LogP contribution >= 0.6 is 11.8 Å². The number of nitrogens with one attached hydrogen (secondary N) is 1. The number of amides is 1. The highest BCUT2D eigenvalue weighted by atomic mass is 32.2. The Labute approximate surface area is 206 Å². The lowest BCUT2D eigenvalue weighted by atomic mass is 10.0. The first-order valence-electron chi connectivity index (χ1n) is 11.4. The second-order valence-corrected chi connectivity index (χ2v) is 9.67. The largest absolute Gasteiger partial charge is 0.325 e. The molecule has 0 unspecified atom stereocenters. The van der Waals surface area contributed by atoms with Gasteiger partial charge in [-0.3, -0.25) is 14.0 Å². The number of carbonyl (C=O) groups excluding carboxylic acids is 1. The van der Waals surface area contributed by atoms with Crippen molar-refractivity contribution >= 4 is 40.0 Å². The molecule has 0 aliphatic rings. The van der Waals surface area contributed by atoms with Crippen molar-refractivity contribution in [1.29, 1.82) is 0 Å². The van der Waals surface area contributed by atoms with Gasteiger partial charge in [-0.25, -0.2) is 4.57 Å². The summed E-state index contributed by atoms with van der Waals surface area (Å²) in [7, 11) is 0. The van der Waals surface area contributed by atoms with Crippen LogP contribution in [-0.2, 0) is 4.79 Å². The van der Waals surface area contributed by atoms with Crippen molar-refractivity contribution in [1.82, 2.24) is 19.2 Å². The number of hydrogen-bond donors (Lipinski definition) is 1. The lowest BCUT2D eigenvalue weighted by molar-refractivity contribution is -0.113. The molecule has 0 atom stereocenters. The second-order valence-electron chi connectivity index (χ2n) is 8.72. The third kappa shape index (κ3) is 4.44. The van der Waals surface area contributed by atoms with Gasteiger partial charge in [-0.05, 0) is 54.8 Å². The van der Waals surface area contributed by atoms with E-state index < -0.39 is 0 Å². The van der Waals surface area contributed by atoms with Crippen molar-refractivity contribution in [3.63, 3.8) is 0 Å². The molecule has 0 spiro atoms. The predicted octanol–water partition coefficient (Wildman–Crippen LogP) is 5.20. The van der Waals surface area contributed by atoms with Crippen LogP contribution in [-0.4, -0.2) is 30.8 Å². The Morgan fingerprint density at radius 1 is 0.971 bits per heavy atom. The van der Waals surface area contributed by atoms with Gasteiger partial charge in [-0.15, -0.1) is 10.2 Å². The van der Waals surface area contributed by atoms with E-state index in [0.717, 1.165) is 11.3 Å². The van der Waals surface area contributed by atoms with Crippen LogP contribution in [0.25, 0.3) is 22.4 Å². The topological polar surface area (TPSA) is 81.3 Å². The summed E-state index contributed by atoms with van der Waals surface area (Å²) in [6, 6.07) is 23.0. The maximum atomic E-state index is 13.4. The molecule has 1 N–H and O–H groups in total. The molecule has 7 nitrogen and oxygen atoms in total. The Morgan fingerprint density at radius 3 is 2.40 bits per heavy atom. The summed E-state index contributed by atoms with van der Waals surface area (Å²) in [6.45, 7) is 6.27. The fourth-order valence-electron chi connectivity index (χ4n) is 3.98. The van der Waals surface area contributed by atoms with Gasteiger partial charge in [-0.2, -0.15) is 0 Å². The van der Waals surface area contributed by atoms with Crippen LogP contribution in [0.5, 0.6) is 0 Å². The molecule has 0 aliphatic heterocycles. The molecule has 0 aliphatic carbocycles. The van der Waals surface area contributed by atoms with E-state index >= 15 is 0 Å². The molecular formula is C27H25N5O2S. The maximum Gasteiger partial charge on any atom is 0.267 e. The lowest BCUT2D eigenvalue weighted by Gasteiger charge is -2.11. The first-order chi connectivity index (χ1) is 16.9. The molecule has 1 amide bonds. The van der Waals surface area contributed by atoms with Crippen LogP contribution in [0.2, 0.25) is 0 Å². The first kappa shape index (κ1) is 22.9. The number of para-hydroxylation sites is 1. The van der Waals surface area contributed by atoms with Crippen LogP contribution in [0, 0.1) is 6.92 Å². The summed E-state index contributed by atoms with van der Waals surface area (Å²) >= 11 is 1.28. The molecular weight excluding hydrogens is 458 g/mol. The van der Waals surface area contributed by atoms with Crippen molar-refractivity contribution in [3.05, 3.63) is 94.3 Å². The fourth-order valence-corrected chi connectivity index (χ4v) is 4.72. The number of aryl methyl sites for hydroxylation is 1. The Balaban J connectivity index is 1.48. The third-order valence-corrected chi connectivity index (χ3v) is 6.81. The molecule has 8 heteroatoms. The Morgan fingerprint density at radius 2 is 1.69 bits per heavy atom. The molecule has 0 fully saturated rings. The smallest absolute Gasteiger partial charge is 0.267 e. The summed E-state index contributed by atoms with van der Waals surface area (Å²) in [5.41, 5.74) is 4.32. The van der Waals surface area contributed by atoms with Crippen molar-refractivity contribution in [3.8, 4) is 5.69 Å². The van der Waals surface area contributed by atoms with Gasteiger partial charge < -0.3 is 5.32 Å². The second kappa shape index (κ2) is 9.38. The zero-order valence-corrected chi connectivity index (χ0v) is 20.5. The molecule has 0 bridgehead atoms. The van der Waals surface area contributed by atoms with Gasteiger partial charge in [-0.1, -0.05) is 67.6 Å². The van der Waals surface area contributed by atoms with Gasteiger partial charge in [0.2, 0.25) is 11.7 Å². The van der Waals surface area contributed by atoms with Gasteiger partial charge in [0, 0.05) is 5.69 Å². The highest BCUT2D eigenvalue weighted by Crippen LogP contribution is 2.24. The minimum absolute atomic E-state index is 0.139. The molecule has 3 aromatic carbocycles. The number of anilines is 1. The third-order valence-electron chi connectivity index (χ3n) is 5.88. The number of aromatic nitrogens is 4. The van der Waals surface area contributed by atoms with Crippen molar-refractivity contribution in [2.24, 2.45) is 0 Å². The number of nitrogens with zero attached hydrogens (tertiary/aromatic N) is 4. The van der Waals surface area contributed by atoms with Gasteiger partial charge in [0.1, 0.15) is 0 Å². The molecule has 35 heavy (non-hydrogen) atoms. The van der Waals surface area contributed by atoms with Gasteiger partial charge in [0.15, 0.2) is 5.16 Å². The minimum Gasteiger partial charge on any atom is -0.325 e. The Kier molecular flexibility index (Phi) is 6.13. The van der Waals surface area contributed by atoms with E-state index in [9.17, 15) is 9.59 Å². The highest BCUT2D eigenvalue weighted by molar-refractivity contribution is 7.99. The van der Waals surface area contributed by atoms with Gasteiger partial charge in [0.05, 0.1) is 22.3 Å². The van der Waals surface area contributed by atoms with E-state index in [2.05, 4.69) is 29.4 Å².